The van der Waals surface area contributed by atoms with Gasteiger partial charge in [0.05, 0.1) is 12.2 Å². The molecule has 0 unspecified atom stereocenters. The zero-order valence-corrected chi connectivity index (χ0v) is 17.8. The van der Waals surface area contributed by atoms with Crippen molar-refractivity contribution in [1.29, 1.82) is 0 Å². The topological polar surface area (TPSA) is 73.3 Å². The summed E-state index contributed by atoms with van der Waals surface area (Å²) >= 11 is 0. The van der Waals surface area contributed by atoms with E-state index in [1.54, 1.807) is 24.3 Å². The molecule has 4 rings (SSSR count). The molecule has 0 fully saturated rings. The Bertz CT molecular complexity index is 1170. The van der Waals surface area contributed by atoms with Crippen molar-refractivity contribution >= 4 is 5.91 Å². The van der Waals surface area contributed by atoms with Gasteiger partial charge in [0.15, 0.2) is 6.61 Å². The molecule has 0 aliphatic carbocycles. The van der Waals surface area contributed by atoms with Gasteiger partial charge in [0.1, 0.15) is 18.2 Å². The van der Waals surface area contributed by atoms with Crippen LogP contribution in [0.1, 0.15) is 0 Å². The molecule has 1 aromatic heterocycles. The van der Waals surface area contributed by atoms with Gasteiger partial charge in [0.25, 0.3) is 5.91 Å². The van der Waals surface area contributed by atoms with Gasteiger partial charge in [-0.2, -0.15) is 0 Å². The SMILES string of the molecule is O=C(COc1ccc(-c2ccccc2)cc1)NCCOc1ccc(-c2ccc(F)cc2)nn1. The van der Waals surface area contributed by atoms with Crippen LogP contribution in [0, 0.1) is 5.82 Å². The van der Waals surface area contributed by atoms with Crippen molar-refractivity contribution in [3.63, 3.8) is 0 Å². The number of hydrogen-bond acceptors (Lipinski definition) is 5. The number of rotatable bonds is 9. The average Bonchev–Trinajstić information content (AvgIpc) is 2.87. The number of halogens is 1. The van der Waals surface area contributed by atoms with Gasteiger partial charge >= 0.3 is 0 Å². The van der Waals surface area contributed by atoms with E-state index in [4.69, 9.17) is 9.47 Å². The second kappa shape index (κ2) is 10.9. The first kappa shape index (κ1) is 22.0. The lowest BCUT2D eigenvalue weighted by Gasteiger charge is -2.09. The first-order valence-electron chi connectivity index (χ1n) is 10.4. The molecule has 7 heteroatoms. The maximum Gasteiger partial charge on any atom is 0.258 e. The number of carbonyl (C=O) groups excluding carboxylic acids is 1. The Balaban J connectivity index is 1.16. The average molecular weight is 443 g/mol. The van der Waals surface area contributed by atoms with Crippen LogP contribution in [0.4, 0.5) is 4.39 Å². The Labute approximate surface area is 191 Å². The molecule has 0 aliphatic heterocycles. The van der Waals surface area contributed by atoms with E-state index in [-0.39, 0.29) is 24.9 Å². The minimum atomic E-state index is -0.305. The Kier molecular flexibility index (Phi) is 7.22. The Morgan fingerprint density at radius 1 is 0.758 bits per heavy atom. The van der Waals surface area contributed by atoms with Crippen molar-refractivity contribution in [2.45, 2.75) is 0 Å². The van der Waals surface area contributed by atoms with Crippen LogP contribution >= 0.6 is 0 Å². The van der Waals surface area contributed by atoms with Gasteiger partial charge in [0, 0.05) is 11.6 Å². The van der Waals surface area contributed by atoms with E-state index < -0.39 is 0 Å². The molecule has 0 spiro atoms. The molecule has 0 bridgehead atoms. The highest BCUT2D eigenvalue weighted by molar-refractivity contribution is 5.77. The Morgan fingerprint density at radius 2 is 1.45 bits per heavy atom. The largest absolute Gasteiger partial charge is 0.484 e. The van der Waals surface area contributed by atoms with Gasteiger partial charge in [-0.25, -0.2) is 4.39 Å². The van der Waals surface area contributed by atoms with Crippen LogP contribution in [0.5, 0.6) is 11.6 Å². The van der Waals surface area contributed by atoms with Crippen LogP contribution in [0.15, 0.2) is 91.0 Å². The quantitative estimate of drug-likeness (QED) is 0.385. The lowest BCUT2D eigenvalue weighted by atomic mass is 10.1. The summed E-state index contributed by atoms with van der Waals surface area (Å²) in [4.78, 5) is 12.0. The summed E-state index contributed by atoms with van der Waals surface area (Å²) in [7, 11) is 0. The van der Waals surface area contributed by atoms with Crippen molar-refractivity contribution in [2.24, 2.45) is 0 Å². The Morgan fingerprint density at radius 3 is 2.15 bits per heavy atom. The fraction of sp³-hybridized carbons (Fsp3) is 0.115. The minimum absolute atomic E-state index is 0.0865. The van der Waals surface area contributed by atoms with E-state index in [2.05, 4.69) is 15.5 Å². The molecule has 4 aromatic rings. The molecule has 0 radical (unpaired) electrons. The van der Waals surface area contributed by atoms with Crippen LogP contribution in [-0.4, -0.2) is 35.9 Å². The van der Waals surface area contributed by atoms with Gasteiger partial charge in [0.2, 0.25) is 5.88 Å². The molecule has 0 saturated carbocycles. The number of aromatic nitrogens is 2. The van der Waals surface area contributed by atoms with Crippen LogP contribution in [-0.2, 0) is 4.79 Å². The molecule has 3 aromatic carbocycles. The maximum atomic E-state index is 13.0. The van der Waals surface area contributed by atoms with E-state index in [9.17, 15) is 9.18 Å². The predicted octanol–water partition coefficient (Wildman–Crippen LogP) is 4.52. The summed E-state index contributed by atoms with van der Waals surface area (Å²) in [5.74, 6) is 0.408. The zero-order chi connectivity index (χ0) is 22.9. The summed E-state index contributed by atoms with van der Waals surface area (Å²) in [6, 6.07) is 27.0. The summed E-state index contributed by atoms with van der Waals surface area (Å²) in [6.45, 7) is 0.454. The number of carbonyl (C=O) groups is 1. The predicted molar refractivity (Wildman–Crippen MR) is 123 cm³/mol. The van der Waals surface area contributed by atoms with Gasteiger partial charge in [-0.05, 0) is 53.6 Å². The second-order valence-electron chi connectivity index (χ2n) is 7.14. The normalized spacial score (nSPS) is 10.5. The molecule has 6 nitrogen and oxygen atoms in total. The number of benzene rings is 3. The van der Waals surface area contributed by atoms with E-state index in [1.165, 1.54) is 12.1 Å². The summed E-state index contributed by atoms with van der Waals surface area (Å²) in [6.07, 6.45) is 0. The van der Waals surface area contributed by atoms with E-state index >= 15 is 0 Å². The van der Waals surface area contributed by atoms with Crippen LogP contribution in [0.25, 0.3) is 22.4 Å². The second-order valence-corrected chi connectivity index (χ2v) is 7.14. The van der Waals surface area contributed by atoms with Crippen molar-refractivity contribution in [3.8, 4) is 34.0 Å². The Hall–Kier alpha value is -4.26. The van der Waals surface area contributed by atoms with Crippen molar-refractivity contribution < 1.29 is 18.7 Å². The maximum absolute atomic E-state index is 13.0. The van der Waals surface area contributed by atoms with Gasteiger partial charge in [-0.3, -0.25) is 4.79 Å². The number of amides is 1. The lowest BCUT2D eigenvalue weighted by molar-refractivity contribution is -0.123. The molecule has 1 N–H and O–H groups in total. The molecule has 0 atom stereocenters. The third-order valence-electron chi connectivity index (χ3n) is 4.79. The number of ether oxygens (including phenoxy) is 2. The van der Waals surface area contributed by atoms with Crippen molar-refractivity contribution in [1.82, 2.24) is 15.5 Å². The highest BCUT2D eigenvalue weighted by Gasteiger charge is 2.05. The highest BCUT2D eigenvalue weighted by atomic mass is 19.1. The molecular formula is C26H22FN3O3. The molecule has 166 valence electrons. The van der Waals surface area contributed by atoms with E-state index in [1.807, 2.05) is 54.6 Å². The summed E-state index contributed by atoms with van der Waals surface area (Å²) < 4.78 is 24.0. The third-order valence-corrected chi connectivity index (χ3v) is 4.79. The molecule has 33 heavy (non-hydrogen) atoms. The smallest absolute Gasteiger partial charge is 0.258 e. The number of nitrogens with zero attached hydrogens (tertiary/aromatic N) is 2. The fourth-order valence-electron chi connectivity index (χ4n) is 3.09. The van der Waals surface area contributed by atoms with Gasteiger partial charge in [-0.1, -0.05) is 42.5 Å². The summed E-state index contributed by atoms with van der Waals surface area (Å²) in [5.41, 5.74) is 3.58. The van der Waals surface area contributed by atoms with Crippen LogP contribution < -0.4 is 14.8 Å². The zero-order valence-electron chi connectivity index (χ0n) is 17.8. The van der Waals surface area contributed by atoms with Crippen molar-refractivity contribution in [2.75, 3.05) is 19.8 Å². The molecular weight excluding hydrogens is 421 g/mol. The summed E-state index contributed by atoms with van der Waals surface area (Å²) in [5, 5.41) is 10.8. The fourth-order valence-corrected chi connectivity index (χ4v) is 3.09. The highest BCUT2D eigenvalue weighted by Crippen LogP contribution is 2.22. The van der Waals surface area contributed by atoms with Crippen LogP contribution in [0.2, 0.25) is 0 Å². The van der Waals surface area contributed by atoms with E-state index in [0.29, 0.717) is 23.9 Å². The molecule has 1 amide bonds. The van der Waals surface area contributed by atoms with Gasteiger partial charge in [-0.15, -0.1) is 10.2 Å². The molecule has 1 heterocycles. The minimum Gasteiger partial charge on any atom is -0.484 e. The monoisotopic (exact) mass is 443 g/mol. The number of hydrogen-bond donors (Lipinski definition) is 1. The molecule has 0 aliphatic rings. The van der Waals surface area contributed by atoms with Crippen LogP contribution in [0.3, 0.4) is 0 Å². The lowest BCUT2D eigenvalue weighted by Crippen LogP contribution is -2.32. The standard InChI is InChI=1S/C26H22FN3O3/c27-22-10-6-21(7-11-22)24-14-15-26(30-29-24)32-17-16-28-25(31)18-33-23-12-8-20(9-13-23)19-4-2-1-3-5-19/h1-15H,16-18H2,(H,28,31). The first-order chi connectivity index (χ1) is 16.2. The van der Waals surface area contributed by atoms with Crippen molar-refractivity contribution in [3.05, 3.63) is 96.8 Å². The van der Waals surface area contributed by atoms with E-state index in [0.717, 1.165) is 16.7 Å². The molecule has 0 saturated heterocycles. The number of nitrogens with one attached hydrogen (secondary N) is 1. The first-order valence-corrected chi connectivity index (χ1v) is 10.4. The third kappa shape index (κ3) is 6.36. The van der Waals surface area contributed by atoms with Gasteiger partial charge < -0.3 is 14.8 Å².